The summed E-state index contributed by atoms with van der Waals surface area (Å²) in [5.74, 6) is 1.09. The van der Waals surface area contributed by atoms with Gasteiger partial charge in [-0.3, -0.25) is 9.69 Å². The van der Waals surface area contributed by atoms with Gasteiger partial charge in [0.2, 0.25) is 0 Å². The van der Waals surface area contributed by atoms with E-state index in [2.05, 4.69) is 41.3 Å². The number of hydrogen-bond donors (Lipinski definition) is 0. The van der Waals surface area contributed by atoms with Crippen molar-refractivity contribution in [2.24, 2.45) is 0 Å². The highest BCUT2D eigenvalue weighted by Crippen LogP contribution is 2.28. The second-order valence-corrected chi connectivity index (χ2v) is 8.91. The molecule has 4 rings (SSSR count). The molecule has 0 spiro atoms. The molecule has 2 saturated heterocycles. The van der Waals surface area contributed by atoms with Crippen LogP contribution >= 0.6 is 11.8 Å². The Labute approximate surface area is 178 Å². The van der Waals surface area contributed by atoms with Crippen LogP contribution in [0.3, 0.4) is 0 Å². The molecule has 1 atom stereocenters. The molecule has 4 nitrogen and oxygen atoms in total. The smallest absolute Gasteiger partial charge is 0.255 e. The zero-order valence-electron chi connectivity index (χ0n) is 17.0. The molecule has 0 aliphatic carbocycles. The maximum atomic E-state index is 13.3. The molecule has 0 N–H and O–H groups in total. The van der Waals surface area contributed by atoms with E-state index in [1.165, 1.54) is 5.56 Å². The van der Waals surface area contributed by atoms with Crippen LogP contribution in [0.1, 0.15) is 35.2 Å². The quantitative estimate of drug-likeness (QED) is 0.665. The minimum Gasteiger partial charge on any atom is -0.377 e. The minimum absolute atomic E-state index is 0.169. The lowest BCUT2D eigenvalue weighted by atomic mass is 10.2. The van der Waals surface area contributed by atoms with Crippen molar-refractivity contribution in [3.63, 3.8) is 0 Å². The first kappa shape index (κ1) is 20.5. The van der Waals surface area contributed by atoms with Crippen molar-refractivity contribution in [2.75, 3.05) is 38.5 Å². The van der Waals surface area contributed by atoms with Gasteiger partial charge < -0.3 is 9.64 Å². The Bertz CT molecular complexity index is 792. The maximum absolute atomic E-state index is 13.3. The van der Waals surface area contributed by atoms with Gasteiger partial charge in [-0.05, 0) is 37.0 Å². The number of ether oxygens (including phenoxy) is 1. The van der Waals surface area contributed by atoms with Crippen LogP contribution in [0.5, 0.6) is 0 Å². The SMILES string of the molecule is O=C(c1ccccc1SCC1CCCO1)N1CCCN(Cc2ccccc2)CC1. The van der Waals surface area contributed by atoms with Gasteiger partial charge in [0.1, 0.15) is 0 Å². The van der Waals surface area contributed by atoms with Crippen LogP contribution in [0.4, 0.5) is 0 Å². The average molecular weight is 411 g/mol. The van der Waals surface area contributed by atoms with E-state index in [0.29, 0.717) is 6.10 Å². The summed E-state index contributed by atoms with van der Waals surface area (Å²) in [6.07, 6.45) is 3.63. The second-order valence-electron chi connectivity index (χ2n) is 7.85. The van der Waals surface area contributed by atoms with Gasteiger partial charge in [-0.2, -0.15) is 0 Å². The Morgan fingerprint density at radius 1 is 0.966 bits per heavy atom. The number of nitrogens with zero attached hydrogens (tertiary/aromatic N) is 2. The summed E-state index contributed by atoms with van der Waals surface area (Å²) in [7, 11) is 0. The highest BCUT2D eigenvalue weighted by atomic mass is 32.2. The normalized spacial score (nSPS) is 20.6. The van der Waals surface area contributed by atoms with Crippen molar-refractivity contribution in [3.05, 3.63) is 65.7 Å². The molecule has 1 unspecified atom stereocenters. The summed E-state index contributed by atoms with van der Waals surface area (Å²) in [4.78, 5) is 18.9. The van der Waals surface area contributed by atoms with E-state index >= 15 is 0 Å². The van der Waals surface area contributed by atoms with Crippen molar-refractivity contribution in [1.82, 2.24) is 9.80 Å². The van der Waals surface area contributed by atoms with Crippen molar-refractivity contribution in [3.8, 4) is 0 Å². The Balaban J connectivity index is 1.36. The van der Waals surface area contributed by atoms with Gasteiger partial charge in [-0.15, -0.1) is 11.8 Å². The number of amides is 1. The van der Waals surface area contributed by atoms with E-state index in [-0.39, 0.29) is 5.91 Å². The Kier molecular flexibility index (Phi) is 7.25. The molecular formula is C24H30N2O2S. The number of hydrogen-bond acceptors (Lipinski definition) is 4. The lowest BCUT2D eigenvalue weighted by Gasteiger charge is -2.23. The summed E-state index contributed by atoms with van der Waals surface area (Å²) < 4.78 is 5.75. The van der Waals surface area contributed by atoms with E-state index in [1.54, 1.807) is 11.8 Å². The van der Waals surface area contributed by atoms with Gasteiger partial charge in [-0.1, -0.05) is 42.5 Å². The van der Waals surface area contributed by atoms with Crippen LogP contribution in [0.15, 0.2) is 59.5 Å². The molecule has 2 aliphatic heterocycles. The van der Waals surface area contributed by atoms with Gasteiger partial charge in [0.15, 0.2) is 0 Å². The van der Waals surface area contributed by atoms with Gasteiger partial charge in [0, 0.05) is 50.0 Å². The first-order valence-corrected chi connectivity index (χ1v) is 11.7. The zero-order valence-corrected chi connectivity index (χ0v) is 17.8. The predicted octanol–water partition coefficient (Wildman–Crippen LogP) is 4.31. The first-order chi connectivity index (χ1) is 14.3. The fourth-order valence-electron chi connectivity index (χ4n) is 4.07. The second kappa shape index (κ2) is 10.3. The fraction of sp³-hybridized carbons (Fsp3) is 0.458. The van der Waals surface area contributed by atoms with Crippen molar-refractivity contribution in [1.29, 1.82) is 0 Å². The van der Waals surface area contributed by atoms with E-state index in [1.807, 2.05) is 23.1 Å². The standard InChI is InChI=1S/C24H30N2O2S/c27-24(22-11-4-5-12-23(22)29-19-21-10-6-17-28-21)26-14-7-13-25(15-16-26)18-20-8-2-1-3-9-20/h1-5,8-9,11-12,21H,6-7,10,13-19H2. The molecule has 0 aromatic heterocycles. The monoisotopic (exact) mass is 410 g/mol. The average Bonchev–Trinajstić information content (AvgIpc) is 3.18. The van der Waals surface area contributed by atoms with E-state index < -0.39 is 0 Å². The third kappa shape index (κ3) is 5.62. The van der Waals surface area contributed by atoms with E-state index in [0.717, 1.165) is 74.8 Å². The van der Waals surface area contributed by atoms with Crippen LogP contribution < -0.4 is 0 Å². The highest BCUT2D eigenvalue weighted by Gasteiger charge is 2.23. The largest absolute Gasteiger partial charge is 0.377 e. The molecule has 0 saturated carbocycles. The summed E-state index contributed by atoms with van der Waals surface area (Å²) in [5.41, 5.74) is 2.18. The zero-order chi connectivity index (χ0) is 19.9. The predicted molar refractivity (Wildman–Crippen MR) is 118 cm³/mol. The molecule has 2 fully saturated rings. The van der Waals surface area contributed by atoms with Crippen LogP contribution in [0, 0.1) is 0 Å². The number of carbonyl (C=O) groups excluding carboxylic acids is 1. The highest BCUT2D eigenvalue weighted by molar-refractivity contribution is 7.99. The number of benzene rings is 2. The molecule has 0 radical (unpaired) electrons. The Hall–Kier alpha value is -1.82. The topological polar surface area (TPSA) is 32.8 Å². The Morgan fingerprint density at radius 3 is 2.62 bits per heavy atom. The van der Waals surface area contributed by atoms with Gasteiger partial charge in [0.25, 0.3) is 5.91 Å². The van der Waals surface area contributed by atoms with Crippen LogP contribution in [-0.4, -0.2) is 60.3 Å². The van der Waals surface area contributed by atoms with Crippen LogP contribution in [-0.2, 0) is 11.3 Å². The Morgan fingerprint density at radius 2 is 1.79 bits per heavy atom. The first-order valence-electron chi connectivity index (χ1n) is 10.7. The number of thioether (sulfide) groups is 1. The molecule has 29 heavy (non-hydrogen) atoms. The number of rotatable bonds is 6. The lowest BCUT2D eigenvalue weighted by Crippen LogP contribution is -2.35. The van der Waals surface area contributed by atoms with Gasteiger partial charge in [-0.25, -0.2) is 0 Å². The molecule has 0 bridgehead atoms. The summed E-state index contributed by atoms with van der Waals surface area (Å²) in [6.45, 7) is 5.40. The third-order valence-corrected chi connectivity index (χ3v) is 6.90. The van der Waals surface area contributed by atoms with E-state index in [4.69, 9.17) is 4.74 Å². The van der Waals surface area contributed by atoms with E-state index in [9.17, 15) is 4.79 Å². The number of carbonyl (C=O) groups is 1. The van der Waals surface area contributed by atoms with Crippen LogP contribution in [0.25, 0.3) is 0 Å². The molecule has 2 aliphatic rings. The van der Waals surface area contributed by atoms with Crippen LogP contribution in [0.2, 0.25) is 0 Å². The summed E-state index contributed by atoms with van der Waals surface area (Å²) in [6, 6.07) is 18.6. The van der Waals surface area contributed by atoms with Crippen molar-refractivity contribution >= 4 is 17.7 Å². The van der Waals surface area contributed by atoms with Gasteiger partial charge in [0.05, 0.1) is 11.7 Å². The van der Waals surface area contributed by atoms with Crippen molar-refractivity contribution < 1.29 is 9.53 Å². The van der Waals surface area contributed by atoms with Gasteiger partial charge >= 0.3 is 0 Å². The molecule has 1 amide bonds. The molecule has 2 aromatic carbocycles. The molecule has 154 valence electrons. The van der Waals surface area contributed by atoms with Crippen molar-refractivity contribution in [2.45, 2.75) is 36.8 Å². The summed E-state index contributed by atoms with van der Waals surface area (Å²) in [5, 5.41) is 0. The molecule has 2 aromatic rings. The lowest BCUT2D eigenvalue weighted by molar-refractivity contribution is 0.0757. The fourth-order valence-corrected chi connectivity index (χ4v) is 5.19. The molecule has 5 heteroatoms. The minimum atomic E-state index is 0.169. The maximum Gasteiger partial charge on any atom is 0.255 e. The third-order valence-electron chi connectivity index (χ3n) is 5.69. The summed E-state index contributed by atoms with van der Waals surface area (Å²) >= 11 is 1.76. The molecule has 2 heterocycles. The molecular weight excluding hydrogens is 380 g/mol.